The van der Waals surface area contributed by atoms with Gasteiger partial charge in [-0.2, -0.15) is 0 Å². The van der Waals surface area contributed by atoms with Gasteiger partial charge in [0.05, 0.1) is 6.61 Å². The number of rotatable bonds is 7. The Morgan fingerprint density at radius 2 is 2.05 bits per heavy atom. The molecule has 0 fully saturated rings. The van der Waals surface area contributed by atoms with E-state index >= 15 is 0 Å². The zero-order chi connectivity index (χ0) is 15.1. The minimum absolute atomic E-state index is 0.242. The fourth-order valence-corrected chi connectivity index (χ4v) is 2.26. The van der Waals surface area contributed by atoms with E-state index in [1.54, 1.807) is 7.11 Å². The predicted octanol–water partition coefficient (Wildman–Crippen LogP) is 3.19. The van der Waals surface area contributed by atoms with E-state index in [4.69, 9.17) is 9.47 Å². The Balaban J connectivity index is 1.99. The molecule has 3 nitrogen and oxygen atoms in total. The topological polar surface area (TPSA) is 30.5 Å². The lowest BCUT2D eigenvalue weighted by Gasteiger charge is -2.19. The van der Waals surface area contributed by atoms with Crippen LogP contribution in [0.5, 0.6) is 5.75 Å². The fourth-order valence-electron chi connectivity index (χ4n) is 2.26. The largest absolute Gasteiger partial charge is 0.480 e. The van der Waals surface area contributed by atoms with Crippen LogP contribution >= 0.6 is 0 Å². The Hall–Kier alpha value is -1.46. The van der Waals surface area contributed by atoms with Gasteiger partial charge in [0.1, 0.15) is 6.10 Å². The first-order valence-electron chi connectivity index (χ1n) is 7.21. The zero-order valence-corrected chi connectivity index (χ0v) is 12.2. The van der Waals surface area contributed by atoms with Crippen molar-refractivity contribution < 1.29 is 18.3 Å². The van der Waals surface area contributed by atoms with Crippen molar-refractivity contribution in [3.63, 3.8) is 0 Å². The van der Waals surface area contributed by atoms with E-state index in [0.29, 0.717) is 25.3 Å². The highest BCUT2D eigenvalue weighted by atomic mass is 19.1. The maximum Gasteiger partial charge on any atom is 0.191 e. The fraction of sp³-hybridized carbons (Fsp3) is 0.500. The molecular weight excluding hydrogens is 276 g/mol. The summed E-state index contributed by atoms with van der Waals surface area (Å²) in [5, 5.41) is 3.05. The van der Waals surface area contributed by atoms with Gasteiger partial charge >= 0.3 is 0 Å². The highest BCUT2D eigenvalue weighted by Gasteiger charge is 2.17. The minimum Gasteiger partial charge on any atom is -0.480 e. The number of ether oxygens (including phenoxy) is 2. The number of halogens is 2. The average Bonchev–Trinajstić information content (AvgIpc) is 2.48. The predicted molar refractivity (Wildman–Crippen MR) is 77.3 cm³/mol. The Morgan fingerprint density at radius 1 is 1.29 bits per heavy atom. The van der Waals surface area contributed by atoms with Gasteiger partial charge in [0.15, 0.2) is 17.4 Å². The lowest BCUT2D eigenvalue weighted by molar-refractivity contribution is 0.199. The van der Waals surface area contributed by atoms with Crippen LogP contribution in [0.1, 0.15) is 24.8 Å². The average molecular weight is 297 g/mol. The molecule has 0 spiro atoms. The number of hydrogen-bond acceptors (Lipinski definition) is 3. The van der Waals surface area contributed by atoms with Crippen molar-refractivity contribution in [2.24, 2.45) is 0 Å². The maximum absolute atomic E-state index is 14.0. The highest BCUT2D eigenvalue weighted by Crippen LogP contribution is 2.26. The third kappa shape index (κ3) is 4.79. The Morgan fingerprint density at radius 3 is 2.67 bits per heavy atom. The summed E-state index contributed by atoms with van der Waals surface area (Å²) in [6.45, 7) is 1.58. The van der Waals surface area contributed by atoms with Crippen molar-refractivity contribution >= 4 is 0 Å². The van der Waals surface area contributed by atoms with Crippen LogP contribution in [0.25, 0.3) is 0 Å². The molecule has 1 unspecified atom stereocenters. The molecule has 0 saturated carbocycles. The molecule has 0 radical (unpaired) electrons. The second-order valence-corrected chi connectivity index (χ2v) is 5.07. The van der Waals surface area contributed by atoms with Gasteiger partial charge < -0.3 is 14.8 Å². The molecule has 0 saturated heterocycles. The number of hydrogen-bond donors (Lipinski definition) is 1. The number of nitrogens with one attached hydrogen (secondary N) is 1. The molecule has 0 bridgehead atoms. The van der Waals surface area contributed by atoms with Crippen LogP contribution in [-0.4, -0.2) is 26.4 Å². The van der Waals surface area contributed by atoms with Crippen LogP contribution in [0.4, 0.5) is 8.78 Å². The SMILES string of the molecule is COCCNCc1cc(F)c(OC2C=CCCC2)c(F)c1. The van der Waals surface area contributed by atoms with Gasteiger partial charge in [-0.15, -0.1) is 0 Å². The summed E-state index contributed by atoms with van der Waals surface area (Å²) >= 11 is 0. The van der Waals surface area contributed by atoms with Crippen LogP contribution < -0.4 is 10.1 Å². The van der Waals surface area contributed by atoms with Crippen molar-refractivity contribution in [3.8, 4) is 5.75 Å². The number of methoxy groups -OCH3 is 1. The maximum atomic E-state index is 14.0. The summed E-state index contributed by atoms with van der Waals surface area (Å²) in [7, 11) is 1.60. The molecule has 0 heterocycles. The lowest BCUT2D eigenvalue weighted by atomic mass is 10.1. The third-order valence-electron chi connectivity index (χ3n) is 3.35. The van der Waals surface area contributed by atoms with E-state index in [0.717, 1.165) is 19.3 Å². The molecule has 0 amide bonds. The molecule has 1 atom stereocenters. The second kappa shape index (κ2) is 8.10. The Labute approximate surface area is 123 Å². The van der Waals surface area contributed by atoms with Crippen molar-refractivity contribution in [1.29, 1.82) is 0 Å². The van der Waals surface area contributed by atoms with Crippen LogP contribution in [0.15, 0.2) is 24.3 Å². The molecular formula is C16H21F2NO2. The molecule has 116 valence electrons. The highest BCUT2D eigenvalue weighted by molar-refractivity contribution is 5.32. The molecule has 0 aliphatic heterocycles. The van der Waals surface area contributed by atoms with Gasteiger partial charge in [-0.25, -0.2) is 8.78 Å². The molecule has 1 aliphatic rings. The summed E-state index contributed by atoms with van der Waals surface area (Å²) in [5.74, 6) is -1.60. The normalized spacial score (nSPS) is 18.0. The molecule has 1 aliphatic carbocycles. The molecule has 21 heavy (non-hydrogen) atoms. The van der Waals surface area contributed by atoms with E-state index < -0.39 is 11.6 Å². The van der Waals surface area contributed by atoms with Crippen LogP contribution in [0.2, 0.25) is 0 Å². The van der Waals surface area contributed by atoms with Gasteiger partial charge in [0.25, 0.3) is 0 Å². The van der Waals surface area contributed by atoms with E-state index in [9.17, 15) is 8.78 Å². The molecule has 5 heteroatoms. The van der Waals surface area contributed by atoms with Crippen molar-refractivity contribution in [1.82, 2.24) is 5.32 Å². The van der Waals surface area contributed by atoms with Gasteiger partial charge in [0, 0.05) is 20.2 Å². The first kappa shape index (κ1) is 15.9. The van der Waals surface area contributed by atoms with Gasteiger partial charge in [-0.3, -0.25) is 0 Å². The van der Waals surface area contributed by atoms with E-state index in [-0.39, 0.29) is 11.9 Å². The van der Waals surface area contributed by atoms with Gasteiger partial charge in [-0.05, 0) is 43.0 Å². The second-order valence-electron chi connectivity index (χ2n) is 5.07. The van der Waals surface area contributed by atoms with Crippen molar-refractivity contribution in [2.75, 3.05) is 20.3 Å². The molecule has 2 rings (SSSR count). The summed E-state index contributed by atoms with van der Waals surface area (Å²) in [4.78, 5) is 0. The van der Waals surface area contributed by atoms with E-state index in [1.165, 1.54) is 12.1 Å². The van der Waals surface area contributed by atoms with Crippen LogP contribution in [0, 0.1) is 11.6 Å². The zero-order valence-electron chi connectivity index (χ0n) is 12.2. The quantitative estimate of drug-likeness (QED) is 0.619. The monoisotopic (exact) mass is 297 g/mol. The van der Waals surface area contributed by atoms with Crippen LogP contribution in [0.3, 0.4) is 0 Å². The van der Waals surface area contributed by atoms with E-state index in [2.05, 4.69) is 5.32 Å². The summed E-state index contributed by atoms with van der Waals surface area (Å²) in [5.41, 5.74) is 0.549. The first-order chi connectivity index (χ1) is 10.2. The minimum atomic E-state index is -0.655. The standard InChI is InChI=1S/C16H21F2NO2/c1-20-8-7-19-11-12-9-14(17)16(15(18)10-12)21-13-5-3-2-4-6-13/h3,5,9-10,13,19H,2,4,6-8,11H2,1H3. The van der Waals surface area contributed by atoms with E-state index in [1.807, 2.05) is 12.2 Å². The van der Waals surface area contributed by atoms with Crippen molar-refractivity contribution in [3.05, 3.63) is 41.5 Å². The Kier molecular flexibility index (Phi) is 6.14. The lowest BCUT2D eigenvalue weighted by Crippen LogP contribution is -2.19. The third-order valence-corrected chi connectivity index (χ3v) is 3.35. The summed E-state index contributed by atoms with van der Waals surface area (Å²) in [6.07, 6.45) is 6.37. The molecule has 1 aromatic rings. The molecule has 0 aromatic heterocycles. The van der Waals surface area contributed by atoms with Crippen LogP contribution in [-0.2, 0) is 11.3 Å². The smallest absolute Gasteiger partial charge is 0.191 e. The molecule has 1 aromatic carbocycles. The number of benzene rings is 1. The van der Waals surface area contributed by atoms with Crippen molar-refractivity contribution in [2.45, 2.75) is 31.9 Å². The first-order valence-corrected chi connectivity index (χ1v) is 7.21. The number of allylic oxidation sites excluding steroid dienone is 1. The Bertz CT molecular complexity index is 468. The van der Waals surface area contributed by atoms with Gasteiger partial charge in [0.2, 0.25) is 0 Å². The van der Waals surface area contributed by atoms with Gasteiger partial charge in [-0.1, -0.05) is 6.08 Å². The molecule has 1 N–H and O–H groups in total. The summed E-state index contributed by atoms with van der Waals surface area (Å²) in [6, 6.07) is 2.62. The summed E-state index contributed by atoms with van der Waals surface area (Å²) < 4.78 is 38.3.